The molecule has 2 unspecified atom stereocenters. The molecule has 5 heteroatoms. The van der Waals surface area contributed by atoms with Crippen LogP contribution >= 0.6 is 0 Å². The average molecular weight is 261 g/mol. The Morgan fingerprint density at radius 1 is 1.35 bits per heavy atom. The maximum atomic E-state index is 11.6. The second-order valence-electron chi connectivity index (χ2n) is 5.75. The number of sulfone groups is 1. The number of hydrogen-bond acceptors (Lipinski definition) is 4. The SMILES string of the molecule is CCC1(O)CN(C2CCCC(S(C)(=O)=O)C2)C1. The van der Waals surface area contributed by atoms with Crippen LogP contribution in [0.2, 0.25) is 0 Å². The Balaban J connectivity index is 1.92. The summed E-state index contributed by atoms with van der Waals surface area (Å²) in [4.78, 5) is 2.25. The minimum Gasteiger partial charge on any atom is -0.387 e. The molecule has 17 heavy (non-hydrogen) atoms. The van der Waals surface area contributed by atoms with Crippen molar-refractivity contribution >= 4 is 9.84 Å². The summed E-state index contributed by atoms with van der Waals surface area (Å²) in [6.07, 6.45) is 5.75. The summed E-state index contributed by atoms with van der Waals surface area (Å²) in [5.41, 5.74) is -0.516. The van der Waals surface area contributed by atoms with E-state index in [1.807, 2.05) is 6.92 Å². The quantitative estimate of drug-likeness (QED) is 0.816. The molecule has 1 aliphatic heterocycles. The highest BCUT2D eigenvalue weighted by atomic mass is 32.2. The Morgan fingerprint density at radius 2 is 2.00 bits per heavy atom. The first-order valence-electron chi connectivity index (χ1n) is 6.49. The smallest absolute Gasteiger partial charge is 0.150 e. The molecular formula is C12H23NO3S. The molecule has 1 saturated heterocycles. The van der Waals surface area contributed by atoms with E-state index in [-0.39, 0.29) is 5.25 Å². The Bertz CT molecular complexity index is 373. The zero-order valence-electron chi connectivity index (χ0n) is 10.7. The standard InChI is InChI=1S/C12H23NO3S/c1-3-12(14)8-13(9-12)10-5-4-6-11(7-10)17(2,15)16/h10-11,14H,3-9H2,1-2H3. The van der Waals surface area contributed by atoms with Gasteiger partial charge >= 0.3 is 0 Å². The van der Waals surface area contributed by atoms with Crippen molar-refractivity contribution in [3.8, 4) is 0 Å². The maximum absolute atomic E-state index is 11.6. The van der Waals surface area contributed by atoms with Crippen LogP contribution in [-0.4, -0.2) is 54.7 Å². The lowest BCUT2D eigenvalue weighted by molar-refractivity contribution is -0.121. The molecule has 2 fully saturated rings. The Morgan fingerprint density at radius 3 is 2.53 bits per heavy atom. The maximum Gasteiger partial charge on any atom is 0.150 e. The summed E-state index contributed by atoms with van der Waals surface area (Å²) in [7, 11) is -2.90. The molecule has 1 saturated carbocycles. The van der Waals surface area contributed by atoms with E-state index in [1.165, 1.54) is 6.26 Å². The molecule has 0 aromatic rings. The van der Waals surface area contributed by atoms with Crippen molar-refractivity contribution in [1.82, 2.24) is 4.90 Å². The molecule has 0 bridgehead atoms. The van der Waals surface area contributed by atoms with E-state index in [2.05, 4.69) is 4.90 Å². The molecule has 0 aromatic heterocycles. The summed E-state index contributed by atoms with van der Waals surface area (Å²) >= 11 is 0. The van der Waals surface area contributed by atoms with Gasteiger partial charge in [0.05, 0.1) is 10.9 Å². The number of aliphatic hydroxyl groups is 1. The van der Waals surface area contributed by atoms with Gasteiger partial charge in [0.15, 0.2) is 0 Å². The van der Waals surface area contributed by atoms with Gasteiger partial charge in [-0.15, -0.1) is 0 Å². The van der Waals surface area contributed by atoms with Gasteiger partial charge in [0.1, 0.15) is 9.84 Å². The minimum atomic E-state index is -2.90. The molecule has 1 N–H and O–H groups in total. The number of nitrogens with zero attached hydrogens (tertiary/aromatic N) is 1. The predicted octanol–water partition coefficient (Wildman–Crippen LogP) is 0.799. The van der Waals surface area contributed by atoms with Crippen molar-refractivity contribution in [1.29, 1.82) is 0 Å². The van der Waals surface area contributed by atoms with Crippen molar-refractivity contribution in [3.63, 3.8) is 0 Å². The van der Waals surface area contributed by atoms with Gasteiger partial charge in [0.2, 0.25) is 0 Å². The summed E-state index contributed by atoms with van der Waals surface area (Å²) in [5.74, 6) is 0. The first-order chi connectivity index (χ1) is 7.84. The molecule has 0 spiro atoms. The largest absolute Gasteiger partial charge is 0.387 e. The van der Waals surface area contributed by atoms with E-state index in [0.29, 0.717) is 19.1 Å². The Kier molecular flexibility index (Phi) is 3.54. The van der Waals surface area contributed by atoms with Gasteiger partial charge in [0.25, 0.3) is 0 Å². The summed E-state index contributed by atoms with van der Waals surface area (Å²) in [6.45, 7) is 3.42. The fraction of sp³-hybridized carbons (Fsp3) is 1.00. The molecule has 0 aromatic carbocycles. The van der Waals surface area contributed by atoms with Crippen LogP contribution in [0, 0.1) is 0 Å². The van der Waals surface area contributed by atoms with E-state index < -0.39 is 15.4 Å². The molecule has 1 aliphatic carbocycles. The number of hydrogen-bond donors (Lipinski definition) is 1. The van der Waals surface area contributed by atoms with Crippen LogP contribution in [0.4, 0.5) is 0 Å². The highest BCUT2D eigenvalue weighted by Crippen LogP contribution is 2.33. The van der Waals surface area contributed by atoms with Crippen LogP contribution in [0.3, 0.4) is 0 Å². The third-order valence-electron chi connectivity index (χ3n) is 4.37. The molecule has 0 radical (unpaired) electrons. The zero-order valence-corrected chi connectivity index (χ0v) is 11.5. The van der Waals surface area contributed by atoms with Crippen molar-refractivity contribution in [2.75, 3.05) is 19.3 Å². The third kappa shape index (κ3) is 2.83. The number of rotatable bonds is 3. The number of likely N-dealkylation sites (tertiary alicyclic amines) is 1. The first-order valence-corrected chi connectivity index (χ1v) is 8.45. The van der Waals surface area contributed by atoms with Crippen LogP contribution in [0.15, 0.2) is 0 Å². The third-order valence-corrected chi connectivity index (χ3v) is 6.01. The minimum absolute atomic E-state index is 0.170. The summed E-state index contributed by atoms with van der Waals surface area (Å²) < 4.78 is 23.2. The van der Waals surface area contributed by atoms with Gasteiger partial charge in [-0.25, -0.2) is 8.42 Å². The van der Waals surface area contributed by atoms with Gasteiger partial charge < -0.3 is 5.11 Å². The number of β-amino-alcohol motifs (C(OH)–C–C–N with tert-alkyl or cyclic N) is 1. The second-order valence-corrected chi connectivity index (χ2v) is 8.08. The lowest BCUT2D eigenvalue weighted by Crippen LogP contribution is -2.65. The van der Waals surface area contributed by atoms with Gasteiger partial charge in [0, 0.05) is 25.4 Å². The fourth-order valence-corrected chi connectivity index (χ4v) is 4.20. The molecule has 2 aliphatic rings. The van der Waals surface area contributed by atoms with Gasteiger partial charge in [-0.05, 0) is 25.7 Å². The highest BCUT2D eigenvalue weighted by Gasteiger charge is 2.44. The van der Waals surface area contributed by atoms with Crippen LogP contribution in [0.25, 0.3) is 0 Å². The van der Waals surface area contributed by atoms with Crippen molar-refractivity contribution in [3.05, 3.63) is 0 Å². The van der Waals surface area contributed by atoms with Crippen molar-refractivity contribution < 1.29 is 13.5 Å². The lowest BCUT2D eigenvalue weighted by atomic mass is 9.85. The van der Waals surface area contributed by atoms with Crippen molar-refractivity contribution in [2.24, 2.45) is 0 Å². The Labute approximate surface area is 104 Å². The highest BCUT2D eigenvalue weighted by molar-refractivity contribution is 7.91. The second kappa shape index (κ2) is 4.52. The summed E-state index contributed by atoms with van der Waals surface area (Å²) in [5, 5.41) is 9.82. The van der Waals surface area contributed by atoms with E-state index >= 15 is 0 Å². The van der Waals surface area contributed by atoms with E-state index in [4.69, 9.17) is 0 Å². The normalized spacial score (nSPS) is 34.3. The average Bonchev–Trinajstić information content (AvgIpc) is 2.24. The predicted molar refractivity (Wildman–Crippen MR) is 67.7 cm³/mol. The van der Waals surface area contributed by atoms with Crippen LogP contribution in [0.1, 0.15) is 39.0 Å². The molecule has 4 nitrogen and oxygen atoms in total. The first kappa shape index (κ1) is 13.3. The monoisotopic (exact) mass is 261 g/mol. The topological polar surface area (TPSA) is 57.6 Å². The summed E-state index contributed by atoms with van der Waals surface area (Å²) in [6, 6.07) is 0.357. The van der Waals surface area contributed by atoms with E-state index in [9.17, 15) is 13.5 Å². The molecule has 2 rings (SSSR count). The van der Waals surface area contributed by atoms with E-state index in [1.54, 1.807) is 0 Å². The van der Waals surface area contributed by atoms with Gasteiger partial charge in [-0.3, -0.25) is 4.90 Å². The van der Waals surface area contributed by atoms with E-state index in [0.717, 1.165) is 32.1 Å². The van der Waals surface area contributed by atoms with Crippen LogP contribution in [-0.2, 0) is 9.84 Å². The lowest BCUT2D eigenvalue weighted by Gasteiger charge is -2.51. The zero-order chi connectivity index (χ0) is 12.7. The molecule has 100 valence electrons. The molecule has 2 atom stereocenters. The van der Waals surface area contributed by atoms with Gasteiger partial charge in [-0.1, -0.05) is 13.3 Å². The van der Waals surface area contributed by atoms with Crippen LogP contribution < -0.4 is 0 Å². The molecule has 1 heterocycles. The van der Waals surface area contributed by atoms with Gasteiger partial charge in [-0.2, -0.15) is 0 Å². The molecular weight excluding hydrogens is 238 g/mol. The molecule has 0 amide bonds. The fourth-order valence-electron chi connectivity index (χ4n) is 3.03. The van der Waals surface area contributed by atoms with Crippen molar-refractivity contribution in [2.45, 2.75) is 55.9 Å². The van der Waals surface area contributed by atoms with Crippen LogP contribution in [0.5, 0.6) is 0 Å². The Hall–Kier alpha value is -0.130.